The number of carbonyl (C=O) groups excluding carboxylic acids is 4. The van der Waals surface area contributed by atoms with Crippen LogP contribution in [0, 0.1) is 61.2 Å². The van der Waals surface area contributed by atoms with Crippen molar-refractivity contribution in [2.24, 2.45) is 33.5 Å². The Bertz CT molecular complexity index is 3220. The molecule has 6 aromatic rings. The Kier molecular flexibility index (Phi) is 16.8. The monoisotopic (exact) mass is 1080 g/mol. The normalized spacial score (nSPS) is 22.9. The molecule has 6 atom stereocenters. The van der Waals surface area contributed by atoms with Crippen molar-refractivity contribution in [2.45, 2.75) is 160 Å². The molecule has 0 spiro atoms. The quantitative estimate of drug-likeness (QED) is 0.0364. The van der Waals surface area contributed by atoms with Crippen LogP contribution in [0.3, 0.4) is 0 Å². The van der Waals surface area contributed by atoms with E-state index in [4.69, 9.17) is 10.2 Å². The predicted molar refractivity (Wildman–Crippen MR) is 317 cm³/mol. The topological polar surface area (TPSA) is 176 Å². The minimum absolute atomic E-state index is 0.0384. The van der Waals surface area contributed by atoms with Gasteiger partial charge in [0.15, 0.2) is 11.4 Å². The predicted octanol–water partition coefficient (Wildman–Crippen LogP) is 10.7. The van der Waals surface area contributed by atoms with E-state index in [2.05, 4.69) is 192 Å². The Morgan fingerprint density at radius 3 is 1.54 bits per heavy atom. The number of aromatic nitrogens is 4. The first-order chi connectivity index (χ1) is 37.9. The second-order valence-corrected chi connectivity index (χ2v) is 25.7. The maximum Gasteiger partial charge on any atom is 0.272 e. The third-order valence-corrected chi connectivity index (χ3v) is 18.8. The zero-order valence-electron chi connectivity index (χ0n) is 49.5. The molecular formula is C66H86N10O4. The Morgan fingerprint density at radius 2 is 1.04 bits per heavy atom. The molecule has 4 aliphatic carbocycles. The van der Waals surface area contributed by atoms with Crippen molar-refractivity contribution >= 4 is 23.6 Å². The van der Waals surface area contributed by atoms with Gasteiger partial charge in [-0.1, -0.05) is 143 Å². The Labute approximate surface area is 474 Å². The summed E-state index contributed by atoms with van der Waals surface area (Å²) in [5.74, 6) is 0.892. The second kappa shape index (κ2) is 23.3. The molecule has 10 rings (SSSR count). The highest BCUT2D eigenvalue weighted by atomic mass is 16.2. The number of nitrogens with one attached hydrogen (secondary N) is 6. The van der Waals surface area contributed by atoms with E-state index in [-0.39, 0.29) is 57.4 Å². The van der Waals surface area contributed by atoms with E-state index in [1.165, 1.54) is 56.2 Å². The SMILES string of the molecule is CC(=O)NCNCc1c(C(=O)NC2C3(C)CCC(C3)C2(C)C)nn(Cc2ccc(C)cc2)c1-c1ccc(C)cc1.CC(=O)NCNCc1cc(-c2cc(C(=O)NC3C4(C)CCC(C4)C3(C)C)nn2Cc2ccc(C)cc2)ccc1C. The molecule has 424 valence electrons. The molecule has 14 nitrogen and oxygen atoms in total. The lowest BCUT2D eigenvalue weighted by atomic mass is 9.68. The Morgan fingerprint density at radius 1 is 0.562 bits per heavy atom. The highest BCUT2D eigenvalue weighted by Crippen LogP contribution is 2.63. The zero-order chi connectivity index (χ0) is 57.3. The first kappa shape index (κ1) is 57.8. The number of rotatable bonds is 18. The van der Waals surface area contributed by atoms with E-state index in [9.17, 15) is 19.2 Å². The summed E-state index contributed by atoms with van der Waals surface area (Å²) in [6, 6.07) is 33.8. The van der Waals surface area contributed by atoms with Gasteiger partial charge in [0, 0.05) is 55.7 Å². The third-order valence-electron chi connectivity index (χ3n) is 18.8. The van der Waals surface area contributed by atoms with Crippen LogP contribution in [0.4, 0.5) is 0 Å². The standard InChI is InChI=1S/2C33H43N5O2/c1-21-7-11-24(12-8-21)19-38-29(25-13-9-22(2)10-14-25)27(18-34-20-35-23(3)39)28(37-38)30(40)36-31-32(4,5)26-15-16-33(31,6)17-26;1-21-7-10-24(11-8-21)19-38-29(25-12-9-22(2)26(15-25)18-34-20-35-23(3)39)16-28(37-38)30(40)36-31-32(4,5)27-13-14-33(31,6)17-27/h7-14,26,31,34H,15-20H2,1-6H3,(H,35,39)(H,36,40);7-12,15-16,27,31,34H,13-14,17-20H2,1-6H3,(H,35,39)(H,36,40). The molecule has 4 amide bonds. The molecule has 2 aromatic heterocycles. The minimum Gasteiger partial charge on any atom is -0.347 e. The number of nitrogens with zero attached hydrogens (tertiary/aromatic N) is 4. The van der Waals surface area contributed by atoms with Crippen molar-refractivity contribution in [3.8, 4) is 22.5 Å². The summed E-state index contributed by atoms with van der Waals surface area (Å²) in [6.07, 6.45) is 7.14. The summed E-state index contributed by atoms with van der Waals surface area (Å²) < 4.78 is 3.92. The van der Waals surface area contributed by atoms with Crippen molar-refractivity contribution in [3.63, 3.8) is 0 Å². The van der Waals surface area contributed by atoms with Gasteiger partial charge in [-0.15, -0.1) is 0 Å². The number of hydrogen-bond acceptors (Lipinski definition) is 8. The smallest absolute Gasteiger partial charge is 0.272 e. The van der Waals surface area contributed by atoms with Gasteiger partial charge in [0.05, 0.1) is 37.8 Å². The molecule has 6 unspecified atom stereocenters. The van der Waals surface area contributed by atoms with Gasteiger partial charge >= 0.3 is 0 Å². The fourth-order valence-corrected chi connectivity index (χ4v) is 14.1. The van der Waals surface area contributed by atoms with Crippen molar-refractivity contribution in [1.82, 2.24) is 51.5 Å². The van der Waals surface area contributed by atoms with Gasteiger partial charge in [-0.3, -0.25) is 39.2 Å². The largest absolute Gasteiger partial charge is 0.347 e. The van der Waals surface area contributed by atoms with Crippen molar-refractivity contribution in [3.05, 3.63) is 153 Å². The van der Waals surface area contributed by atoms with Crippen LogP contribution in [0.1, 0.15) is 159 Å². The van der Waals surface area contributed by atoms with Crippen LogP contribution in [0.2, 0.25) is 0 Å². The van der Waals surface area contributed by atoms with Gasteiger partial charge < -0.3 is 21.3 Å². The Balaban J connectivity index is 0.000000194. The number of carbonyl (C=O) groups is 4. The van der Waals surface area contributed by atoms with E-state index in [0.717, 1.165) is 63.2 Å². The van der Waals surface area contributed by atoms with Crippen LogP contribution in [-0.2, 0) is 35.8 Å². The summed E-state index contributed by atoms with van der Waals surface area (Å²) in [5, 5.41) is 28.9. The van der Waals surface area contributed by atoms with Crippen LogP contribution >= 0.6 is 0 Å². The summed E-state index contributed by atoms with van der Waals surface area (Å²) in [4.78, 5) is 50.6. The molecule has 4 aliphatic rings. The molecule has 4 bridgehead atoms. The van der Waals surface area contributed by atoms with Crippen LogP contribution < -0.4 is 31.9 Å². The highest BCUT2D eigenvalue weighted by Gasteiger charge is 2.61. The average Bonchev–Trinajstić information content (AvgIpc) is 4.46. The first-order valence-corrected chi connectivity index (χ1v) is 28.9. The van der Waals surface area contributed by atoms with Crippen LogP contribution in [0.5, 0.6) is 0 Å². The van der Waals surface area contributed by atoms with Crippen molar-refractivity contribution in [2.75, 3.05) is 13.3 Å². The molecule has 0 saturated heterocycles. The summed E-state index contributed by atoms with van der Waals surface area (Å²) in [6.45, 7) is 28.1. The molecule has 4 aromatic carbocycles. The molecular weight excluding hydrogens is 997 g/mol. The van der Waals surface area contributed by atoms with Crippen molar-refractivity contribution < 1.29 is 19.2 Å². The third kappa shape index (κ3) is 12.4. The second-order valence-electron chi connectivity index (χ2n) is 25.7. The lowest BCUT2D eigenvalue weighted by Gasteiger charge is -2.43. The minimum atomic E-state index is -0.126. The van der Waals surface area contributed by atoms with Gasteiger partial charge in [-0.2, -0.15) is 10.2 Å². The van der Waals surface area contributed by atoms with Gasteiger partial charge in [-0.25, -0.2) is 0 Å². The lowest BCUT2D eigenvalue weighted by molar-refractivity contribution is -0.119. The van der Waals surface area contributed by atoms with Gasteiger partial charge in [0.1, 0.15) is 0 Å². The average molecular weight is 1080 g/mol. The van der Waals surface area contributed by atoms with E-state index in [1.54, 1.807) is 0 Å². The maximum absolute atomic E-state index is 14.1. The highest BCUT2D eigenvalue weighted by molar-refractivity contribution is 5.96. The summed E-state index contributed by atoms with van der Waals surface area (Å²) >= 11 is 0. The van der Waals surface area contributed by atoms with E-state index in [1.807, 2.05) is 15.4 Å². The zero-order valence-corrected chi connectivity index (χ0v) is 49.5. The number of fused-ring (bicyclic) bond motifs is 4. The summed E-state index contributed by atoms with van der Waals surface area (Å²) in [5.41, 5.74) is 14.1. The molecule has 0 radical (unpaired) electrons. The van der Waals surface area contributed by atoms with Gasteiger partial charge in [0.25, 0.3) is 11.8 Å². The van der Waals surface area contributed by atoms with Crippen molar-refractivity contribution in [1.29, 1.82) is 0 Å². The first-order valence-electron chi connectivity index (χ1n) is 28.9. The number of benzene rings is 4. The molecule has 0 aliphatic heterocycles. The fraction of sp³-hybridized carbons (Fsp3) is 0.485. The van der Waals surface area contributed by atoms with Crippen LogP contribution in [0.25, 0.3) is 22.5 Å². The number of amides is 4. The van der Waals surface area contributed by atoms with E-state index < -0.39 is 0 Å². The van der Waals surface area contributed by atoms with Gasteiger partial charge in [0.2, 0.25) is 11.8 Å². The van der Waals surface area contributed by atoms with Gasteiger partial charge in [-0.05, 0) is 134 Å². The molecule has 4 saturated carbocycles. The number of hydrogen-bond donors (Lipinski definition) is 6. The van der Waals surface area contributed by atoms with E-state index in [0.29, 0.717) is 62.7 Å². The van der Waals surface area contributed by atoms with E-state index >= 15 is 0 Å². The fourth-order valence-electron chi connectivity index (χ4n) is 14.1. The molecule has 2 heterocycles. The lowest BCUT2D eigenvalue weighted by Crippen LogP contribution is -2.52. The molecule has 6 N–H and O–H groups in total. The summed E-state index contributed by atoms with van der Waals surface area (Å²) in [7, 11) is 0. The molecule has 4 fully saturated rings. The maximum atomic E-state index is 14.1. The van der Waals surface area contributed by atoms with Crippen LogP contribution in [0.15, 0.2) is 97.1 Å². The molecule has 14 heteroatoms. The van der Waals surface area contributed by atoms with Crippen LogP contribution in [-0.4, -0.2) is 68.6 Å². The molecule has 80 heavy (non-hydrogen) atoms. The Hall–Kier alpha value is -6.90. The number of aryl methyl sites for hydroxylation is 4.